The zero-order chi connectivity index (χ0) is 14.5. The molecule has 2 aliphatic rings. The van der Waals surface area contributed by atoms with Gasteiger partial charge in [-0.3, -0.25) is 4.79 Å². The summed E-state index contributed by atoms with van der Waals surface area (Å²) >= 11 is 1.84. The molecule has 2 fully saturated rings. The van der Waals surface area contributed by atoms with Gasteiger partial charge in [-0.2, -0.15) is 0 Å². The molecule has 0 radical (unpaired) electrons. The van der Waals surface area contributed by atoms with E-state index in [2.05, 4.69) is 27.7 Å². The molecule has 0 spiro atoms. The lowest BCUT2D eigenvalue weighted by Crippen LogP contribution is -2.38. The number of carbonyl (C=O) groups is 1. The van der Waals surface area contributed by atoms with Gasteiger partial charge in [0.25, 0.3) is 0 Å². The third kappa shape index (κ3) is 4.97. The maximum atomic E-state index is 12.3. The monoisotopic (exact) mass is 342 g/mol. The van der Waals surface area contributed by atoms with Crippen LogP contribution in [0.2, 0.25) is 0 Å². The van der Waals surface area contributed by atoms with E-state index in [9.17, 15) is 4.79 Å². The van der Waals surface area contributed by atoms with Crippen LogP contribution in [0.25, 0.3) is 0 Å². The number of aryl methyl sites for hydroxylation is 1. The standard InChI is InChI=1S/C17H26N2OS.ClH/c20-17(7-3-1-2-5-16-6-4-12-21-16)19-11-10-14-8-9-15(13-19)18-14;/h4,6,12,14-15,18H,1-3,5,7-11,13H2;1H. The highest BCUT2D eigenvalue weighted by Crippen LogP contribution is 2.21. The summed E-state index contributed by atoms with van der Waals surface area (Å²) in [5, 5.41) is 5.78. The summed E-state index contributed by atoms with van der Waals surface area (Å²) in [4.78, 5) is 15.9. The van der Waals surface area contributed by atoms with E-state index in [-0.39, 0.29) is 12.4 Å². The number of likely N-dealkylation sites (tertiary alicyclic amines) is 1. The number of fused-ring (bicyclic) bond motifs is 2. The minimum Gasteiger partial charge on any atom is -0.341 e. The topological polar surface area (TPSA) is 32.3 Å². The molecule has 22 heavy (non-hydrogen) atoms. The largest absolute Gasteiger partial charge is 0.341 e. The van der Waals surface area contributed by atoms with Gasteiger partial charge in [0.2, 0.25) is 5.91 Å². The van der Waals surface area contributed by atoms with E-state index in [0.717, 1.165) is 32.4 Å². The van der Waals surface area contributed by atoms with Crippen molar-refractivity contribution >= 4 is 29.7 Å². The van der Waals surface area contributed by atoms with Crippen molar-refractivity contribution in [1.29, 1.82) is 0 Å². The van der Waals surface area contributed by atoms with E-state index >= 15 is 0 Å². The lowest BCUT2D eigenvalue weighted by molar-refractivity contribution is -0.131. The Morgan fingerprint density at radius 1 is 1.23 bits per heavy atom. The summed E-state index contributed by atoms with van der Waals surface area (Å²) in [6, 6.07) is 5.54. The van der Waals surface area contributed by atoms with Crippen molar-refractivity contribution in [2.45, 2.75) is 63.5 Å². The number of halogens is 1. The number of nitrogens with one attached hydrogen (secondary N) is 1. The van der Waals surface area contributed by atoms with Gasteiger partial charge in [-0.05, 0) is 50.0 Å². The predicted octanol–water partition coefficient (Wildman–Crippen LogP) is 3.63. The van der Waals surface area contributed by atoms with Crippen LogP contribution >= 0.6 is 23.7 Å². The lowest BCUT2D eigenvalue weighted by Gasteiger charge is -2.24. The summed E-state index contributed by atoms with van der Waals surface area (Å²) < 4.78 is 0. The first kappa shape index (κ1) is 17.8. The third-order valence-electron chi connectivity index (χ3n) is 4.77. The number of thiophene rings is 1. The molecule has 0 aromatic carbocycles. The van der Waals surface area contributed by atoms with Gasteiger partial charge in [0.1, 0.15) is 0 Å². The van der Waals surface area contributed by atoms with Crippen LogP contribution < -0.4 is 5.32 Å². The molecule has 2 atom stereocenters. The molecule has 124 valence electrons. The molecule has 3 rings (SSSR count). The second kappa shape index (κ2) is 8.90. The van der Waals surface area contributed by atoms with Gasteiger partial charge in [-0.1, -0.05) is 12.5 Å². The molecular formula is C17H27ClN2OS. The highest BCUT2D eigenvalue weighted by Gasteiger charge is 2.30. The number of nitrogens with zero attached hydrogens (tertiary/aromatic N) is 1. The molecule has 0 aliphatic carbocycles. The zero-order valence-electron chi connectivity index (χ0n) is 13.1. The van der Waals surface area contributed by atoms with Crippen LogP contribution in [-0.2, 0) is 11.2 Å². The average Bonchev–Trinajstić information content (AvgIpc) is 3.08. The minimum absolute atomic E-state index is 0. The van der Waals surface area contributed by atoms with Crippen LogP contribution in [0.1, 0.15) is 49.8 Å². The minimum atomic E-state index is 0. The van der Waals surface area contributed by atoms with Crippen LogP contribution in [0.4, 0.5) is 0 Å². The average molecular weight is 343 g/mol. The van der Waals surface area contributed by atoms with E-state index in [1.165, 1.54) is 37.0 Å². The molecule has 1 aromatic heterocycles. The number of carbonyl (C=O) groups excluding carboxylic acids is 1. The summed E-state index contributed by atoms with van der Waals surface area (Å²) in [5.74, 6) is 0.375. The maximum absolute atomic E-state index is 12.3. The highest BCUT2D eigenvalue weighted by molar-refractivity contribution is 7.09. The fourth-order valence-corrected chi connectivity index (χ4v) is 4.29. The Kier molecular flexibility index (Phi) is 7.19. The normalized spacial score (nSPS) is 23.9. The van der Waals surface area contributed by atoms with Gasteiger partial charge < -0.3 is 10.2 Å². The molecule has 5 heteroatoms. The first-order valence-corrected chi connectivity index (χ1v) is 9.25. The van der Waals surface area contributed by atoms with Gasteiger partial charge >= 0.3 is 0 Å². The molecule has 2 aliphatic heterocycles. The molecule has 2 unspecified atom stereocenters. The van der Waals surface area contributed by atoms with Gasteiger partial charge in [-0.15, -0.1) is 23.7 Å². The second-order valence-corrected chi connectivity index (χ2v) is 7.44. The summed E-state index contributed by atoms with van der Waals surface area (Å²) in [5.41, 5.74) is 0. The first-order chi connectivity index (χ1) is 10.3. The van der Waals surface area contributed by atoms with E-state index in [1.54, 1.807) is 0 Å². The molecule has 3 heterocycles. The number of hydrogen-bond donors (Lipinski definition) is 1. The van der Waals surface area contributed by atoms with Crippen LogP contribution in [-0.4, -0.2) is 36.0 Å². The molecule has 1 amide bonds. The quantitative estimate of drug-likeness (QED) is 0.801. The number of unbranched alkanes of at least 4 members (excludes halogenated alkanes) is 2. The Balaban J connectivity index is 0.00000176. The molecular weight excluding hydrogens is 316 g/mol. The van der Waals surface area contributed by atoms with E-state index in [1.807, 2.05) is 11.3 Å². The molecule has 1 N–H and O–H groups in total. The maximum Gasteiger partial charge on any atom is 0.222 e. The number of hydrogen-bond acceptors (Lipinski definition) is 3. The highest BCUT2D eigenvalue weighted by atomic mass is 35.5. The zero-order valence-corrected chi connectivity index (χ0v) is 14.8. The summed E-state index contributed by atoms with van der Waals surface area (Å²) in [7, 11) is 0. The van der Waals surface area contributed by atoms with Gasteiger partial charge in [0, 0.05) is 36.5 Å². The molecule has 3 nitrogen and oxygen atoms in total. The van der Waals surface area contributed by atoms with Crippen molar-refractivity contribution in [2.75, 3.05) is 13.1 Å². The smallest absolute Gasteiger partial charge is 0.222 e. The van der Waals surface area contributed by atoms with Crippen molar-refractivity contribution in [3.8, 4) is 0 Å². The Bertz CT molecular complexity index is 452. The van der Waals surface area contributed by atoms with Crippen LogP contribution in [0.15, 0.2) is 17.5 Å². The van der Waals surface area contributed by atoms with Gasteiger partial charge in [-0.25, -0.2) is 0 Å². The fourth-order valence-electron chi connectivity index (χ4n) is 3.53. The van der Waals surface area contributed by atoms with Crippen molar-refractivity contribution in [3.05, 3.63) is 22.4 Å². The van der Waals surface area contributed by atoms with Gasteiger partial charge in [0.15, 0.2) is 0 Å². The van der Waals surface area contributed by atoms with Crippen LogP contribution in [0.3, 0.4) is 0 Å². The van der Waals surface area contributed by atoms with Crippen molar-refractivity contribution in [3.63, 3.8) is 0 Å². The Labute approximate surface area is 143 Å². The summed E-state index contributed by atoms with van der Waals surface area (Å²) in [6.07, 6.45) is 9.01. The number of amides is 1. The third-order valence-corrected chi connectivity index (χ3v) is 5.71. The van der Waals surface area contributed by atoms with Crippen LogP contribution in [0, 0.1) is 0 Å². The lowest BCUT2D eigenvalue weighted by atomic mass is 10.1. The fraction of sp³-hybridized carbons (Fsp3) is 0.706. The Hall–Kier alpha value is -0.580. The molecule has 1 aromatic rings. The second-order valence-electron chi connectivity index (χ2n) is 6.41. The van der Waals surface area contributed by atoms with Crippen molar-refractivity contribution < 1.29 is 4.79 Å². The number of rotatable bonds is 6. The first-order valence-electron chi connectivity index (χ1n) is 8.37. The SMILES string of the molecule is Cl.O=C(CCCCCc1cccs1)N1CCC2CCC(C1)N2. The van der Waals surface area contributed by atoms with E-state index < -0.39 is 0 Å². The van der Waals surface area contributed by atoms with Crippen molar-refractivity contribution in [1.82, 2.24) is 10.2 Å². The van der Waals surface area contributed by atoms with Crippen LogP contribution in [0.5, 0.6) is 0 Å². The predicted molar refractivity (Wildman–Crippen MR) is 94.9 cm³/mol. The molecule has 0 saturated carbocycles. The molecule has 2 bridgehead atoms. The Morgan fingerprint density at radius 3 is 2.91 bits per heavy atom. The Morgan fingerprint density at radius 2 is 2.09 bits per heavy atom. The van der Waals surface area contributed by atoms with E-state index in [0.29, 0.717) is 18.0 Å². The van der Waals surface area contributed by atoms with E-state index in [4.69, 9.17) is 0 Å². The van der Waals surface area contributed by atoms with Crippen molar-refractivity contribution in [2.24, 2.45) is 0 Å². The summed E-state index contributed by atoms with van der Waals surface area (Å²) in [6.45, 7) is 1.90. The molecule has 2 saturated heterocycles. The van der Waals surface area contributed by atoms with Gasteiger partial charge in [0.05, 0.1) is 0 Å².